The number of benzene rings is 1. The summed E-state index contributed by atoms with van der Waals surface area (Å²) in [7, 11) is 0. The van der Waals surface area contributed by atoms with Gasteiger partial charge >= 0.3 is 0 Å². The van der Waals surface area contributed by atoms with Crippen LogP contribution in [0.25, 0.3) is 0 Å². The number of para-hydroxylation sites is 1. The van der Waals surface area contributed by atoms with Crippen LogP contribution in [0.2, 0.25) is 0 Å². The first-order valence-corrected chi connectivity index (χ1v) is 5.37. The molecule has 0 spiro atoms. The van der Waals surface area contributed by atoms with Crippen LogP contribution in [0, 0.1) is 0 Å². The summed E-state index contributed by atoms with van der Waals surface area (Å²) in [6.45, 7) is 2.20. The van der Waals surface area contributed by atoms with E-state index in [1.807, 2.05) is 6.07 Å². The lowest BCUT2D eigenvalue weighted by Crippen LogP contribution is -2.22. The number of halogens is 1. The van der Waals surface area contributed by atoms with Crippen molar-refractivity contribution in [3.8, 4) is 0 Å². The molecule has 1 saturated heterocycles. The van der Waals surface area contributed by atoms with E-state index in [1.54, 1.807) is 0 Å². The molecule has 1 aliphatic heterocycles. The molecule has 1 heterocycles. The molecule has 1 fully saturated rings. The van der Waals surface area contributed by atoms with Gasteiger partial charge in [-0.2, -0.15) is 0 Å². The summed E-state index contributed by atoms with van der Waals surface area (Å²) in [4.78, 5) is 0. The smallest absolute Gasteiger partial charge is 0.0487 e. The van der Waals surface area contributed by atoms with E-state index >= 15 is 0 Å². The lowest BCUT2D eigenvalue weighted by Gasteiger charge is -2.13. The molecule has 0 saturated carbocycles. The minimum Gasteiger partial charge on any atom is -0.380 e. The van der Waals surface area contributed by atoms with Gasteiger partial charge in [-0.3, -0.25) is 0 Å². The Kier molecular flexibility index (Phi) is 2.86. The summed E-state index contributed by atoms with van der Waals surface area (Å²) in [6, 6.07) is 8.82. The maximum Gasteiger partial charge on any atom is 0.0487 e. The molecule has 70 valence electrons. The second kappa shape index (κ2) is 4.11. The van der Waals surface area contributed by atoms with Gasteiger partial charge in [0.2, 0.25) is 0 Å². The zero-order valence-electron chi connectivity index (χ0n) is 7.39. The fourth-order valence-electron chi connectivity index (χ4n) is 1.58. The Balaban J connectivity index is 2.04. The highest BCUT2D eigenvalue weighted by atomic mass is 79.9. The summed E-state index contributed by atoms with van der Waals surface area (Å²) in [5, 5.41) is 6.83. The monoisotopic (exact) mass is 240 g/mol. The van der Waals surface area contributed by atoms with Crippen molar-refractivity contribution in [2.45, 2.75) is 12.5 Å². The van der Waals surface area contributed by atoms with Crippen LogP contribution in [0.1, 0.15) is 6.42 Å². The summed E-state index contributed by atoms with van der Waals surface area (Å²) in [6.07, 6.45) is 1.21. The highest BCUT2D eigenvalue weighted by Gasteiger charge is 2.14. The van der Waals surface area contributed by atoms with E-state index in [4.69, 9.17) is 0 Å². The summed E-state index contributed by atoms with van der Waals surface area (Å²) >= 11 is 3.52. The standard InChI is InChI=1S/C10H13BrN2/c11-9-3-1-2-4-10(9)13-8-5-6-12-7-8/h1-4,8,12-13H,5-7H2. The second-order valence-corrected chi connectivity index (χ2v) is 4.17. The zero-order valence-corrected chi connectivity index (χ0v) is 8.97. The summed E-state index contributed by atoms with van der Waals surface area (Å²) in [5.74, 6) is 0. The van der Waals surface area contributed by atoms with Crippen molar-refractivity contribution in [3.63, 3.8) is 0 Å². The van der Waals surface area contributed by atoms with E-state index in [1.165, 1.54) is 12.1 Å². The molecular weight excluding hydrogens is 228 g/mol. The Morgan fingerprint density at radius 2 is 2.23 bits per heavy atom. The predicted octanol–water partition coefficient (Wildman–Crippen LogP) is 2.22. The third-order valence-electron chi connectivity index (χ3n) is 2.29. The van der Waals surface area contributed by atoms with Crippen molar-refractivity contribution in [3.05, 3.63) is 28.7 Å². The fourth-order valence-corrected chi connectivity index (χ4v) is 1.98. The van der Waals surface area contributed by atoms with Gasteiger partial charge in [-0.05, 0) is 41.0 Å². The molecule has 2 N–H and O–H groups in total. The van der Waals surface area contributed by atoms with Gasteiger partial charge in [0.15, 0.2) is 0 Å². The van der Waals surface area contributed by atoms with Crippen LogP contribution >= 0.6 is 15.9 Å². The van der Waals surface area contributed by atoms with Crippen LogP contribution in [-0.4, -0.2) is 19.1 Å². The van der Waals surface area contributed by atoms with E-state index in [-0.39, 0.29) is 0 Å². The molecular formula is C10H13BrN2. The maximum absolute atomic E-state index is 3.52. The topological polar surface area (TPSA) is 24.1 Å². The van der Waals surface area contributed by atoms with Crippen LogP contribution in [0.15, 0.2) is 28.7 Å². The Bertz CT molecular complexity index is 282. The highest BCUT2D eigenvalue weighted by molar-refractivity contribution is 9.10. The number of hydrogen-bond acceptors (Lipinski definition) is 2. The summed E-state index contributed by atoms with van der Waals surface area (Å²) < 4.78 is 1.14. The Morgan fingerprint density at radius 1 is 1.38 bits per heavy atom. The van der Waals surface area contributed by atoms with Crippen LogP contribution in [0.3, 0.4) is 0 Å². The quantitative estimate of drug-likeness (QED) is 0.829. The molecule has 2 nitrogen and oxygen atoms in total. The molecule has 1 unspecified atom stereocenters. The molecule has 0 amide bonds. The molecule has 3 heteroatoms. The zero-order chi connectivity index (χ0) is 9.10. The van der Waals surface area contributed by atoms with Gasteiger partial charge in [-0.1, -0.05) is 12.1 Å². The van der Waals surface area contributed by atoms with Crippen molar-refractivity contribution in [1.82, 2.24) is 5.32 Å². The Hall–Kier alpha value is -0.540. The highest BCUT2D eigenvalue weighted by Crippen LogP contribution is 2.22. The molecule has 1 atom stereocenters. The second-order valence-electron chi connectivity index (χ2n) is 3.31. The predicted molar refractivity (Wildman–Crippen MR) is 59.0 cm³/mol. The molecule has 0 aliphatic carbocycles. The third kappa shape index (κ3) is 2.23. The molecule has 2 rings (SSSR count). The Labute approximate surface area is 86.9 Å². The van der Waals surface area contributed by atoms with E-state index in [2.05, 4.69) is 44.8 Å². The number of hydrogen-bond donors (Lipinski definition) is 2. The molecule has 0 radical (unpaired) electrons. The van der Waals surface area contributed by atoms with Crippen LogP contribution in [0.4, 0.5) is 5.69 Å². The lowest BCUT2D eigenvalue weighted by molar-refractivity contribution is 0.793. The fraction of sp³-hybridized carbons (Fsp3) is 0.400. The molecule has 0 aromatic heterocycles. The average molecular weight is 241 g/mol. The van der Waals surface area contributed by atoms with Gasteiger partial charge in [-0.25, -0.2) is 0 Å². The first-order chi connectivity index (χ1) is 6.36. The van der Waals surface area contributed by atoms with E-state index in [9.17, 15) is 0 Å². The number of nitrogens with one attached hydrogen (secondary N) is 2. The minimum absolute atomic E-state index is 0.582. The van der Waals surface area contributed by atoms with Crippen molar-refractivity contribution >= 4 is 21.6 Å². The van der Waals surface area contributed by atoms with Gasteiger partial charge < -0.3 is 10.6 Å². The van der Waals surface area contributed by atoms with Gasteiger partial charge in [0.05, 0.1) is 0 Å². The molecule has 13 heavy (non-hydrogen) atoms. The first-order valence-electron chi connectivity index (χ1n) is 4.58. The van der Waals surface area contributed by atoms with Crippen molar-refractivity contribution in [2.75, 3.05) is 18.4 Å². The van der Waals surface area contributed by atoms with Gasteiger partial charge in [-0.15, -0.1) is 0 Å². The third-order valence-corrected chi connectivity index (χ3v) is 2.99. The number of anilines is 1. The Morgan fingerprint density at radius 3 is 2.92 bits per heavy atom. The lowest BCUT2D eigenvalue weighted by atomic mass is 10.2. The van der Waals surface area contributed by atoms with E-state index in [0.29, 0.717) is 6.04 Å². The first kappa shape index (κ1) is 9.03. The van der Waals surface area contributed by atoms with Crippen molar-refractivity contribution in [1.29, 1.82) is 0 Å². The van der Waals surface area contributed by atoms with E-state index < -0.39 is 0 Å². The molecule has 1 aliphatic rings. The molecule has 0 bridgehead atoms. The average Bonchev–Trinajstić information content (AvgIpc) is 2.61. The maximum atomic E-state index is 3.52. The van der Waals surface area contributed by atoms with Crippen LogP contribution in [-0.2, 0) is 0 Å². The molecule has 1 aromatic carbocycles. The summed E-state index contributed by atoms with van der Waals surface area (Å²) in [5.41, 5.74) is 1.19. The largest absolute Gasteiger partial charge is 0.380 e. The van der Waals surface area contributed by atoms with Crippen molar-refractivity contribution < 1.29 is 0 Å². The van der Waals surface area contributed by atoms with Gasteiger partial charge in [0.25, 0.3) is 0 Å². The normalized spacial score (nSPS) is 21.8. The van der Waals surface area contributed by atoms with Crippen LogP contribution < -0.4 is 10.6 Å². The SMILES string of the molecule is Brc1ccccc1NC1CCNC1. The molecule has 1 aromatic rings. The van der Waals surface area contributed by atoms with Gasteiger partial charge in [0, 0.05) is 22.7 Å². The number of rotatable bonds is 2. The van der Waals surface area contributed by atoms with Crippen molar-refractivity contribution in [2.24, 2.45) is 0 Å². The minimum atomic E-state index is 0.582. The van der Waals surface area contributed by atoms with Crippen LogP contribution in [0.5, 0.6) is 0 Å². The van der Waals surface area contributed by atoms with Gasteiger partial charge in [0.1, 0.15) is 0 Å². The van der Waals surface area contributed by atoms with E-state index in [0.717, 1.165) is 17.6 Å².